The number of benzene rings is 18. The molecule has 15 heteroatoms. The Bertz CT molecular complexity index is 8870. The van der Waals surface area contributed by atoms with Gasteiger partial charge in [-0.2, -0.15) is 0 Å². The van der Waals surface area contributed by atoms with Gasteiger partial charge in [0.1, 0.15) is 67.0 Å². The van der Waals surface area contributed by atoms with Gasteiger partial charge in [-0.3, -0.25) is 0 Å². The number of para-hydroxylation sites is 6. The molecule has 12 nitrogen and oxygen atoms in total. The second-order valence-electron chi connectivity index (χ2n) is 34.2. The molecule has 0 amide bonds. The van der Waals surface area contributed by atoms with Crippen molar-refractivity contribution in [2.75, 3.05) is 0 Å². The van der Waals surface area contributed by atoms with Crippen molar-refractivity contribution in [1.29, 1.82) is 0 Å². The van der Waals surface area contributed by atoms with E-state index in [1.165, 1.54) is 60.5 Å². The van der Waals surface area contributed by atoms with E-state index in [-0.39, 0.29) is 0 Å². The van der Waals surface area contributed by atoms with Gasteiger partial charge in [-0.05, 0) is 182 Å². The highest BCUT2D eigenvalue weighted by Gasteiger charge is 2.23. The molecule has 0 fully saturated rings. The molecular formula is C120H66N6O6S3. The van der Waals surface area contributed by atoms with Crippen LogP contribution in [0, 0.1) is 0 Å². The van der Waals surface area contributed by atoms with E-state index >= 15 is 0 Å². The SMILES string of the molecule is c1ccc2c(c1)oc1cc(-c3cc(-c4ccc5c(c4)sc4ccccc45)nc(-c4ccc5oc6ccccc6c5c4)n3)ccc12.c1ccc2c(c1)oc1cc(-c3cc(-c4ccc5oc6ccccc6c5c4)nc(-c4ccc5c(c4)sc4ccccc45)n3)ccc12.c1ccc2c(c1)oc1cc(-c3nc(-c4ccc5c(c4)sc4ccccc45)cc(-c4ccc5oc6ccccc6c5c4)n3)ccc12. The first-order valence-corrected chi connectivity index (χ1v) is 47.1. The van der Waals surface area contributed by atoms with E-state index in [4.69, 9.17) is 56.4 Å². The Morgan fingerprint density at radius 1 is 0.126 bits per heavy atom. The Morgan fingerprint density at radius 3 is 0.637 bits per heavy atom. The molecule has 0 bridgehead atoms. The molecule has 12 aromatic heterocycles. The van der Waals surface area contributed by atoms with Crippen LogP contribution in [-0.2, 0) is 0 Å². The van der Waals surface area contributed by atoms with Crippen molar-refractivity contribution in [1.82, 2.24) is 29.9 Å². The summed E-state index contributed by atoms with van der Waals surface area (Å²) in [6, 6.07) is 138. The minimum Gasteiger partial charge on any atom is -0.456 e. The lowest BCUT2D eigenvalue weighted by Crippen LogP contribution is -1.96. The van der Waals surface area contributed by atoms with Crippen molar-refractivity contribution in [3.05, 3.63) is 400 Å². The van der Waals surface area contributed by atoms with E-state index in [2.05, 4.69) is 267 Å². The van der Waals surface area contributed by atoms with Crippen LogP contribution in [0.1, 0.15) is 0 Å². The fourth-order valence-corrected chi connectivity index (χ4v) is 23.0. The number of furan rings is 6. The van der Waals surface area contributed by atoms with Gasteiger partial charge in [-0.1, -0.05) is 218 Å². The Labute approximate surface area is 778 Å². The third kappa shape index (κ3) is 13.1. The van der Waals surface area contributed by atoms with Gasteiger partial charge in [-0.15, -0.1) is 34.0 Å². The number of thiophene rings is 3. The molecule has 0 spiro atoms. The molecule has 0 N–H and O–H groups in total. The Morgan fingerprint density at radius 2 is 0.311 bits per heavy atom. The molecule has 0 atom stereocenters. The van der Waals surface area contributed by atoms with E-state index < -0.39 is 0 Å². The first-order valence-electron chi connectivity index (χ1n) is 44.7. The number of hydrogen-bond donors (Lipinski definition) is 0. The number of hydrogen-bond acceptors (Lipinski definition) is 15. The number of fused-ring (bicyclic) bond motifs is 27. The maximum Gasteiger partial charge on any atom is 0.160 e. The van der Waals surface area contributed by atoms with Gasteiger partial charge in [0.05, 0.1) is 34.2 Å². The summed E-state index contributed by atoms with van der Waals surface area (Å²) in [7, 11) is 0. The maximum absolute atomic E-state index is 6.25. The molecule has 630 valence electrons. The summed E-state index contributed by atoms with van der Waals surface area (Å²) >= 11 is 5.42. The van der Waals surface area contributed by atoms with Crippen molar-refractivity contribution >= 4 is 226 Å². The van der Waals surface area contributed by atoms with Gasteiger partial charge in [-0.25, -0.2) is 29.9 Å². The van der Waals surface area contributed by atoms with Crippen LogP contribution < -0.4 is 0 Å². The monoisotopic (exact) mass is 1780 g/mol. The van der Waals surface area contributed by atoms with Gasteiger partial charge in [0.15, 0.2) is 17.5 Å². The second kappa shape index (κ2) is 30.6. The van der Waals surface area contributed by atoms with Crippen molar-refractivity contribution in [3.63, 3.8) is 0 Å². The van der Waals surface area contributed by atoms with E-state index in [0.717, 1.165) is 216 Å². The molecule has 0 saturated carbocycles. The van der Waals surface area contributed by atoms with Crippen molar-refractivity contribution < 1.29 is 26.5 Å². The van der Waals surface area contributed by atoms with E-state index in [1.54, 1.807) is 11.3 Å². The van der Waals surface area contributed by atoms with Crippen LogP contribution in [0.5, 0.6) is 0 Å². The molecular weight excluding hydrogens is 1720 g/mol. The third-order valence-electron chi connectivity index (χ3n) is 26.1. The molecule has 0 aliphatic carbocycles. The van der Waals surface area contributed by atoms with Crippen LogP contribution in [0.2, 0.25) is 0 Å². The predicted molar refractivity (Wildman–Crippen MR) is 557 cm³/mol. The van der Waals surface area contributed by atoms with Crippen molar-refractivity contribution in [3.8, 4) is 102 Å². The molecule has 0 saturated heterocycles. The highest BCUT2D eigenvalue weighted by molar-refractivity contribution is 7.26. The van der Waals surface area contributed by atoms with E-state index in [0.29, 0.717) is 17.5 Å². The first-order chi connectivity index (χ1) is 66.7. The lowest BCUT2D eigenvalue weighted by molar-refractivity contribution is 0.668. The summed E-state index contributed by atoms with van der Waals surface area (Å²) in [4.78, 5) is 30.9. The van der Waals surface area contributed by atoms with Gasteiger partial charge in [0, 0.05) is 175 Å². The van der Waals surface area contributed by atoms with Gasteiger partial charge >= 0.3 is 0 Å². The summed E-state index contributed by atoms with van der Waals surface area (Å²) in [5.41, 5.74) is 24.4. The molecule has 0 aliphatic rings. The summed E-state index contributed by atoms with van der Waals surface area (Å²) in [6.45, 7) is 0. The van der Waals surface area contributed by atoms with Crippen LogP contribution >= 0.6 is 34.0 Å². The summed E-state index contributed by atoms with van der Waals surface area (Å²) in [5.74, 6) is 2.00. The molecule has 30 rings (SSSR count). The average molecular weight is 1780 g/mol. The smallest absolute Gasteiger partial charge is 0.160 e. The fourth-order valence-electron chi connectivity index (χ4n) is 19.5. The van der Waals surface area contributed by atoms with Crippen molar-refractivity contribution in [2.24, 2.45) is 0 Å². The fraction of sp³-hybridized carbons (Fsp3) is 0. The van der Waals surface area contributed by atoms with Crippen LogP contribution in [-0.4, -0.2) is 29.9 Å². The second-order valence-corrected chi connectivity index (χ2v) is 37.4. The normalized spacial score (nSPS) is 12.0. The quantitative estimate of drug-likeness (QED) is 0.135. The summed E-state index contributed by atoms with van der Waals surface area (Å²) < 4.78 is 44.6. The lowest BCUT2D eigenvalue weighted by Gasteiger charge is -2.10. The van der Waals surface area contributed by atoms with Crippen LogP contribution in [0.25, 0.3) is 294 Å². The Hall–Kier alpha value is -17.3. The van der Waals surface area contributed by atoms with Crippen LogP contribution in [0.15, 0.2) is 427 Å². The average Bonchev–Trinajstić information content (AvgIpc) is 1.67. The topological polar surface area (TPSA) is 156 Å². The van der Waals surface area contributed by atoms with Gasteiger partial charge < -0.3 is 26.5 Å². The molecule has 30 aromatic rings. The highest BCUT2D eigenvalue weighted by Crippen LogP contribution is 2.46. The zero-order chi connectivity index (χ0) is 88.5. The maximum atomic E-state index is 6.25. The highest BCUT2D eigenvalue weighted by atomic mass is 32.1. The molecule has 18 aromatic carbocycles. The predicted octanol–water partition coefficient (Wildman–Crippen LogP) is 34.9. The number of aromatic nitrogens is 6. The van der Waals surface area contributed by atoms with Crippen LogP contribution in [0.4, 0.5) is 0 Å². The first kappa shape index (κ1) is 76.5. The number of rotatable bonds is 9. The Kier molecular flexibility index (Phi) is 17.4. The minimum atomic E-state index is 0.651. The third-order valence-corrected chi connectivity index (χ3v) is 29.5. The molecule has 0 radical (unpaired) electrons. The molecule has 0 aliphatic heterocycles. The molecule has 12 heterocycles. The summed E-state index contributed by atoms with van der Waals surface area (Å²) in [5, 5.41) is 20.7. The standard InChI is InChI=1S/3C40H22N2O2S/c1-4-10-34-26(7-1)28-16-14-25(20-37(28)44-34)40-41-32(23-15-18-36-31(19-23)27-8-2-5-11-35(27)43-36)22-33(42-40)24-13-17-30-29-9-3-6-12-38(29)45-39(30)21-24;1-4-10-34-26(7-1)28-16-13-24(20-37(28)44-34)33-22-32(23-15-18-36-31(19-23)27-8-2-5-11-35(27)43-36)41-40(42-33)25-14-17-30-29-9-3-6-12-38(29)45-39(30)21-25;1-4-10-34-26(7-1)28-16-13-23(20-37(28)44-34)32-22-33(24-14-17-30-29-9-3-6-12-38(29)45-39(30)21-24)42-40(41-32)25-15-18-36-31(19-25)27-8-2-5-11-35(27)43-36/h3*1-22H. The lowest BCUT2D eigenvalue weighted by atomic mass is 10.0. The molecule has 135 heavy (non-hydrogen) atoms. The van der Waals surface area contributed by atoms with Crippen LogP contribution in [0.3, 0.4) is 0 Å². The van der Waals surface area contributed by atoms with Gasteiger partial charge in [0.25, 0.3) is 0 Å². The minimum absolute atomic E-state index is 0.651. The van der Waals surface area contributed by atoms with E-state index in [9.17, 15) is 0 Å². The Balaban J connectivity index is 0.000000101. The largest absolute Gasteiger partial charge is 0.456 e. The zero-order valence-electron chi connectivity index (χ0n) is 71.5. The van der Waals surface area contributed by atoms with Gasteiger partial charge in [0.2, 0.25) is 0 Å². The van der Waals surface area contributed by atoms with E-state index in [1.807, 2.05) is 156 Å². The summed E-state index contributed by atoms with van der Waals surface area (Å²) in [6.07, 6.45) is 0. The molecule has 0 unspecified atom stereocenters. The van der Waals surface area contributed by atoms with Crippen molar-refractivity contribution in [2.45, 2.75) is 0 Å². The zero-order valence-corrected chi connectivity index (χ0v) is 73.9. The number of nitrogens with zero attached hydrogens (tertiary/aromatic N) is 6.